The summed E-state index contributed by atoms with van der Waals surface area (Å²) in [7, 11) is 6.56. The maximum Gasteiger partial charge on any atom is 0.308 e. The smallest absolute Gasteiger partial charge is 0.308 e. The van der Waals surface area contributed by atoms with Gasteiger partial charge in [-0.2, -0.15) is 0 Å². The van der Waals surface area contributed by atoms with Crippen LogP contribution in [0.4, 0.5) is 0 Å². The van der Waals surface area contributed by atoms with Crippen molar-refractivity contribution in [3.05, 3.63) is 23.8 Å². The zero-order valence-electron chi connectivity index (χ0n) is 24.7. The highest BCUT2D eigenvalue weighted by atomic mass is 16.7. The van der Waals surface area contributed by atoms with E-state index in [1.165, 1.54) is 0 Å². The van der Waals surface area contributed by atoms with Gasteiger partial charge in [-0.1, -0.05) is 19.4 Å². The van der Waals surface area contributed by atoms with E-state index >= 15 is 0 Å². The first-order chi connectivity index (χ1) is 19.2. The summed E-state index contributed by atoms with van der Waals surface area (Å²) in [6.07, 6.45) is 4.84. The summed E-state index contributed by atoms with van der Waals surface area (Å²) in [6.45, 7) is 6.64. The van der Waals surface area contributed by atoms with Crippen molar-refractivity contribution in [2.24, 2.45) is 5.92 Å². The van der Waals surface area contributed by atoms with Crippen molar-refractivity contribution in [3.63, 3.8) is 0 Å². The van der Waals surface area contributed by atoms with Crippen LogP contribution < -0.4 is 9.47 Å². The number of carbonyl (C=O) groups excluding carboxylic acids is 1. The van der Waals surface area contributed by atoms with Crippen LogP contribution >= 0.6 is 0 Å². The van der Waals surface area contributed by atoms with E-state index in [1.807, 2.05) is 23.1 Å². The molecule has 1 amide bonds. The molecule has 2 fully saturated rings. The second-order valence-corrected chi connectivity index (χ2v) is 12.3. The van der Waals surface area contributed by atoms with Crippen LogP contribution in [-0.4, -0.2) is 117 Å². The van der Waals surface area contributed by atoms with Crippen molar-refractivity contribution in [2.75, 3.05) is 73.9 Å². The van der Waals surface area contributed by atoms with Gasteiger partial charge in [-0.3, -0.25) is 14.5 Å². The van der Waals surface area contributed by atoms with Crippen LogP contribution in [0.1, 0.15) is 56.9 Å². The van der Waals surface area contributed by atoms with Gasteiger partial charge in [-0.25, -0.2) is 0 Å². The van der Waals surface area contributed by atoms with Crippen molar-refractivity contribution < 1.29 is 38.1 Å². The molecule has 4 rings (SSSR count). The molecule has 3 atom stereocenters. The Morgan fingerprint density at radius 1 is 1.02 bits per heavy atom. The maximum absolute atomic E-state index is 13.7. The van der Waals surface area contributed by atoms with Crippen LogP contribution in [0.5, 0.6) is 11.5 Å². The molecule has 3 aliphatic heterocycles. The number of carbonyl (C=O) groups is 2. The molecule has 10 heteroatoms. The van der Waals surface area contributed by atoms with Gasteiger partial charge in [0.1, 0.15) is 0 Å². The van der Waals surface area contributed by atoms with Crippen LogP contribution in [0.2, 0.25) is 0 Å². The fourth-order valence-corrected chi connectivity index (χ4v) is 6.09. The molecule has 1 aromatic rings. The third-order valence-corrected chi connectivity index (χ3v) is 8.23. The van der Waals surface area contributed by atoms with E-state index in [2.05, 4.69) is 33.0 Å². The standard InChI is InChI=1S/C30H47N3O7/c1-5-6-13-31(14-7-8-15-33(2,3)4)27(34)20-32-19-23(22-9-11-25-26(18-22)40-21-39-25)29(30(35)36)24(32)10-12-28-37-16-17-38-28/h9,11,18,23-24,28-29H,5-8,10,12-17,19-21H2,1-4H3/p+1/t23-,24+,29-/m1/s1. The normalized spacial score (nSPS) is 23.1. The number of aliphatic carboxylic acids is 1. The quantitative estimate of drug-likeness (QED) is 0.257. The van der Waals surface area contributed by atoms with Gasteiger partial charge in [-0.05, 0) is 49.8 Å². The first-order valence-corrected chi connectivity index (χ1v) is 14.8. The number of hydrogen-bond acceptors (Lipinski definition) is 7. The topological polar surface area (TPSA) is 97.8 Å². The average Bonchev–Trinajstić information content (AvgIpc) is 3.66. The van der Waals surface area contributed by atoms with Crippen LogP contribution in [0.25, 0.3) is 0 Å². The number of unbranched alkanes of at least 4 members (excludes halogenated alkanes) is 2. The number of ether oxygens (including phenoxy) is 4. The molecule has 40 heavy (non-hydrogen) atoms. The lowest BCUT2D eigenvalue weighted by Crippen LogP contribution is -2.45. The number of rotatable bonds is 15. The number of likely N-dealkylation sites (tertiary alicyclic amines) is 1. The number of amides is 1. The van der Waals surface area contributed by atoms with Crippen molar-refractivity contribution in [1.82, 2.24) is 9.80 Å². The van der Waals surface area contributed by atoms with Crippen molar-refractivity contribution >= 4 is 11.9 Å². The molecule has 0 saturated carbocycles. The Labute approximate surface area is 238 Å². The lowest BCUT2D eigenvalue weighted by atomic mass is 9.83. The summed E-state index contributed by atoms with van der Waals surface area (Å²) in [5.41, 5.74) is 0.896. The summed E-state index contributed by atoms with van der Waals surface area (Å²) in [5.74, 6) is -0.400. The van der Waals surface area contributed by atoms with E-state index in [4.69, 9.17) is 18.9 Å². The minimum absolute atomic E-state index is 0.0764. The van der Waals surface area contributed by atoms with Crippen LogP contribution in [-0.2, 0) is 19.1 Å². The fourth-order valence-electron chi connectivity index (χ4n) is 6.09. The van der Waals surface area contributed by atoms with Crippen molar-refractivity contribution in [3.8, 4) is 11.5 Å². The number of quaternary nitrogens is 1. The van der Waals surface area contributed by atoms with E-state index in [9.17, 15) is 14.7 Å². The molecule has 10 nitrogen and oxygen atoms in total. The zero-order chi connectivity index (χ0) is 28.7. The summed E-state index contributed by atoms with van der Waals surface area (Å²) in [4.78, 5) is 30.6. The summed E-state index contributed by atoms with van der Waals surface area (Å²) in [6, 6.07) is 5.37. The van der Waals surface area contributed by atoms with Crippen molar-refractivity contribution in [2.45, 2.75) is 63.7 Å². The lowest BCUT2D eigenvalue weighted by molar-refractivity contribution is -0.870. The second-order valence-electron chi connectivity index (χ2n) is 12.3. The minimum Gasteiger partial charge on any atom is -0.481 e. The van der Waals surface area contributed by atoms with Crippen LogP contribution in [0, 0.1) is 5.92 Å². The number of carboxylic acid groups (broad SMARTS) is 1. The molecule has 0 aromatic heterocycles. The van der Waals surface area contributed by atoms with E-state index in [-0.39, 0.29) is 37.5 Å². The van der Waals surface area contributed by atoms with E-state index < -0.39 is 11.9 Å². The van der Waals surface area contributed by atoms with E-state index in [0.717, 1.165) is 55.4 Å². The molecule has 3 aliphatic rings. The Morgan fingerprint density at radius 2 is 1.75 bits per heavy atom. The van der Waals surface area contributed by atoms with Gasteiger partial charge in [0.2, 0.25) is 12.7 Å². The average molecular weight is 563 g/mol. The third-order valence-electron chi connectivity index (χ3n) is 8.23. The lowest BCUT2D eigenvalue weighted by Gasteiger charge is -2.30. The van der Waals surface area contributed by atoms with Gasteiger partial charge in [0.15, 0.2) is 17.8 Å². The SMILES string of the molecule is CCCCN(CCCC[N+](C)(C)C)C(=O)CN1C[C@H](c2ccc3c(c2)OCO3)[C@@H](C(=O)O)[C@@H]1CCC1OCCO1. The minimum atomic E-state index is -0.848. The monoisotopic (exact) mass is 562 g/mol. The number of carboxylic acids is 1. The molecular weight excluding hydrogens is 514 g/mol. The molecular formula is C30H48N3O7+. The van der Waals surface area contributed by atoms with E-state index in [1.54, 1.807) is 0 Å². The Hall–Kier alpha value is -2.40. The van der Waals surface area contributed by atoms with Gasteiger partial charge in [0.05, 0.1) is 53.4 Å². The molecule has 1 aromatic carbocycles. The second kappa shape index (κ2) is 14.0. The van der Waals surface area contributed by atoms with Gasteiger partial charge in [0, 0.05) is 31.6 Å². The molecule has 0 spiro atoms. The highest BCUT2D eigenvalue weighted by molar-refractivity contribution is 5.79. The predicted molar refractivity (Wildman–Crippen MR) is 150 cm³/mol. The molecule has 0 bridgehead atoms. The largest absolute Gasteiger partial charge is 0.481 e. The Balaban J connectivity index is 1.50. The number of fused-ring (bicyclic) bond motifs is 1. The molecule has 1 N–H and O–H groups in total. The molecule has 3 heterocycles. The number of benzene rings is 1. The summed E-state index contributed by atoms with van der Waals surface area (Å²) >= 11 is 0. The summed E-state index contributed by atoms with van der Waals surface area (Å²) < 4.78 is 23.3. The highest BCUT2D eigenvalue weighted by Gasteiger charge is 2.47. The van der Waals surface area contributed by atoms with Crippen LogP contribution in [0.15, 0.2) is 18.2 Å². The molecule has 0 unspecified atom stereocenters. The van der Waals surface area contributed by atoms with Crippen LogP contribution in [0.3, 0.4) is 0 Å². The fraction of sp³-hybridized carbons (Fsp3) is 0.733. The number of hydrogen-bond donors (Lipinski definition) is 1. The Kier molecular flexibility index (Phi) is 10.7. The van der Waals surface area contributed by atoms with Gasteiger partial charge in [-0.15, -0.1) is 0 Å². The zero-order valence-corrected chi connectivity index (χ0v) is 24.7. The first-order valence-electron chi connectivity index (χ1n) is 14.8. The molecule has 0 radical (unpaired) electrons. The third kappa shape index (κ3) is 8.09. The number of nitrogens with zero attached hydrogens (tertiary/aromatic N) is 3. The molecule has 0 aliphatic carbocycles. The Morgan fingerprint density at radius 3 is 2.45 bits per heavy atom. The van der Waals surface area contributed by atoms with Crippen molar-refractivity contribution in [1.29, 1.82) is 0 Å². The maximum atomic E-state index is 13.7. The summed E-state index contributed by atoms with van der Waals surface area (Å²) in [5, 5.41) is 10.4. The molecule has 2 saturated heterocycles. The molecule has 224 valence electrons. The predicted octanol–water partition coefficient (Wildman–Crippen LogP) is 3.15. The van der Waals surface area contributed by atoms with Gasteiger partial charge < -0.3 is 33.4 Å². The highest BCUT2D eigenvalue weighted by Crippen LogP contribution is 2.43. The van der Waals surface area contributed by atoms with Gasteiger partial charge in [0.25, 0.3) is 0 Å². The Bertz CT molecular complexity index is 992. The first kappa shape index (κ1) is 30.6. The van der Waals surface area contributed by atoms with Gasteiger partial charge >= 0.3 is 5.97 Å². The van der Waals surface area contributed by atoms with E-state index in [0.29, 0.717) is 44.1 Å².